The molecule has 2 atom stereocenters. The van der Waals surface area contributed by atoms with Crippen LogP contribution in [0.15, 0.2) is 30.0 Å². The first-order valence-electron chi connectivity index (χ1n) is 8.03. The predicted octanol–water partition coefficient (Wildman–Crippen LogP) is 3.95. The fourth-order valence-corrected chi connectivity index (χ4v) is 3.14. The minimum absolute atomic E-state index is 0.158. The Labute approximate surface area is 128 Å². The average Bonchev–Trinajstić information content (AvgIpc) is 2.39. The molecule has 1 aliphatic carbocycles. The number of nitrogens with zero attached hydrogens (tertiary/aromatic N) is 1. The summed E-state index contributed by atoms with van der Waals surface area (Å²) in [6.07, 6.45) is 6.86. The van der Waals surface area contributed by atoms with E-state index in [1.807, 2.05) is 19.9 Å². The van der Waals surface area contributed by atoms with Crippen molar-refractivity contribution >= 4 is 0 Å². The van der Waals surface area contributed by atoms with E-state index in [0.717, 1.165) is 30.5 Å². The molecule has 0 spiro atoms. The molecule has 1 aliphatic rings. The number of hydrogen-bond donors (Lipinski definition) is 1. The Hall–Kier alpha value is -1.35. The molecule has 116 valence electrons. The minimum atomic E-state index is 0.158. The highest BCUT2D eigenvalue weighted by atomic mass is 16.5. The lowest BCUT2D eigenvalue weighted by Crippen LogP contribution is -2.26. The Bertz CT molecular complexity index is 482. The second-order valence-electron chi connectivity index (χ2n) is 6.56. The monoisotopic (exact) mass is 288 g/mol. The summed E-state index contributed by atoms with van der Waals surface area (Å²) in [7, 11) is 0. The van der Waals surface area contributed by atoms with Gasteiger partial charge in [-0.15, -0.1) is 0 Å². The van der Waals surface area contributed by atoms with Gasteiger partial charge in [0.25, 0.3) is 0 Å². The maximum atomic E-state index is 5.76. The summed E-state index contributed by atoms with van der Waals surface area (Å²) in [5.41, 5.74) is 2.67. The lowest BCUT2D eigenvalue weighted by Gasteiger charge is -2.25. The van der Waals surface area contributed by atoms with E-state index < -0.39 is 0 Å². The zero-order valence-corrected chi connectivity index (χ0v) is 13.7. The standard InChI is InChI=1S/C18H28N2O/c1-13(2)21-18-17(6-5-7-20-18)12-19-11-16-9-14(3)8-15(4)10-16/h5-8,13-14,16,19H,9-12H2,1-4H3. The van der Waals surface area contributed by atoms with Crippen LogP contribution in [0.3, 0.4) is 0 Å². The number of rotatable bonds is 6. The van der Waals surface area contributed by atoms with Crippen molar-refractivity contribution in [1.29, 1.82) is 0 Å². The molecule has 0 aliphatic heterocycles. The third-order valence-corrected chi connectivity index (χ3v) is 3.83. The maximum Gasteiger partial charge on any atom is 0.218 e. The first kappa shape index (κ1) is 16.0. The molecule has 1 heterocycles. The van der Waals surface area contributed by atoms with Crippen molar-refractivity contribution in [2.75, 3.05) is 6.54 Å². The van der Waals surface area contributed by atoms with Crippen LogP contribution in [0.2, 0.25) is 0 Å². The zero-order valence-electron chi connectivity index (χ0n) is 13.7. The number of hydrogen-bond acceptors (Lipinski definition) is 3. The lowest BCUT2D eigenvalue weighted by molar-refractivity contribution is 0.229. The molecule has 0 saturated carbocycles. The van der Waals surface area contributed by atoms with Crippen LogP contribution < -0.4 is 10.1 Å². The van der Waals surface area contributed by atoms with Gasteiger partial charge in [-0.1, -0.05) is 24.6 Å². The van der Waals surface area contributed by atoms with Gasteiger partial charge in [0.05, 0.1) is 6.10 Å². The fourth-order valence-electron chi connectivity index (χ4n) is 3.14. The molecule has 0 bridgehead atoms. The highest BCUT2D eigenvalue weighted by molar-refractivity contribution is 5.25. The van der Waals surface area contributed by atoms with Crippen molar-refractivity contribution in [3.8, 4) is 5.88 Å². The zero-order chi connectivity index (χ0) is 15.2. The molecular formula is C18H28N2O. The summed E-state index contributed by atoms with van der Waals surface area (Å²) < 4.78 is 5.76. The van der Waals surface area contributed by atoms with E-state index >= 15 is 0 Å². The second-order valence-corrected chi connectivity index (χ2v) is 6.56. The molecule has 21 heavy (non-hydrogen) atoms. The third-order valence-electron chi connectivity index (χ3n) is 3.83. The van der Waals surface area contributed by atoms with Crippen molar-refractivity contribution in [3.05, 3.63) is 35.5 Å². The van der Waals surface area contributed by atoms with Crippen molar-refractivity contribution < 1.29 is 4.74 Å². The van der Waals surface area contributed by atoms with Crippen molar-refractivity contribution in [2.24, 2.45) is 11.8 Å². The van der Waals surface area contributed by atoms with Gasteiger partial charge in [0.15, 0.2) is 0 Å². The summed E-state index contributed by atoms with van der Waals surface area (Å²) in [6, 6.07) is 4.06. The van der Waals surface area contributed by atoms with Gasteiger partial charge in [0.1, 0.15) is 0 Å². The third kappa shape index (κ3) is 5.16. The molecule has 0 fully saturated rings. The molecule has 1 N–H and O–H groups in total. The van der Waals surface area contributed by atoms with Crippen LogP contribution in [0, 0.1) is 11.8 Å². The minimum Gasteiger partial charge on any atom is -0.475 e. The van der Waals surface area contributed by atoms with Crippen LogP contribution in [0.1, 0.15) is 46.1 Å². The van der Waals surface area contributed by atoms with E-state index in [9.17, 15) is 0 Å². The van der Waals surface area contributed by atoms with E-state index in [-0.39, 0.29) is 6.10 Å². The first-order chi connectivity index (χ1) is 10.0. The lowest BCUT2D eigenvalue weighted by atomic mass is 9.84. The first-order valence-corrected chi connectivity index (χ1v) is 8.03. The Balaban J connectivity index is 1.85. The van der Waals surface area contributed by atoms with Crippen LogP contribution in [-0.2, 0) is 6.54 Å². The Morgan fingerprint density at radius 2 is 2.24 bits per heavy atom. The number of nitrogens with one attached hydrogen (secondary N) is 1. The van der Waals surface area contributed by atoms with E-state index in [1.165, 1.54) is 18.4 Å². The Morgan fingerprint density at radius 3 is 2.95 bits per heavy atom. The van der Waals surface area contributed by atoms with Crippen molar-refractivity contribution in [3.63, 3.8) is 0 Å². The quantitative estimate of drug-likeness (QED) is 0.805. The van der Waals surface area contributed by atoms with Crippen LogP contribution in [0.4, 0.5) is 0 Å². The topological polar surface area (TPSA) is 34.2 Å². The molecule has 3 nitrogen and oxygen atoms in total. The number of aromatic nitrogens is 1. The van der Waals surface area contributed by atoms with Gasteiger partial charge in [0.2, 0.25) is 5.88 Å². The van der Waals surface area contributed by atoms with Gasteiger partial charge < -0.3 is 10.1 Å². The van der Waals surface area contributed by atoms with Gasteiger partial charge in [-0.3, -0.25) is 0 Å². The van der Waals surface area contributed by atoms with E-state index in [4.69, 9.17) is 4.74 Å². The van der Waals surface area contributed by atoms with E-state index in [0.29, 0.717) is 5.92 Å². The maximum absolute atomic E-state index is 5.76. The molecule has 0 saturated heterocycles. The van der Waals surface area contributed by atoms with Gasteiger partial charge in [-0.25, -0.2) is 4.98 Å². The highest BCUT2D eigenvalue weighted by Gasteiger charge is 2.17. The summed E-state index contributed by atoms with van der Waals surface area (Å²) in [5, 5.41) is 3.58. The van der Waals surface area contributed by atoms with E-state index in [1.54, 1.807) is 6.20 Å². The summed E-state index contributed by atoms with van der Waals surface area (Å²) in [5.74, 6) is 2.22. The molecule has 0 amide bonds. The number of allylic oxidation sites excluding steroid dienone is 2. The highest BCUT2D eigenvalue weighted by Crippen LogP contribution is 2.27. The Morgan fingerprint density at radius 1 is 1.43 bits per heavy atom. The molecular weight excluding hydrogens is 260 g/mol. The Kier molecular flexibility index (Phi) is 5.80. The van der Waals surface area contributed by atoms with Gasteiger partial charge in [0, 0.05) is 18.3 Å². The molecule has 1 aromatic heterocycles. The number of pyridine rings is 1. The summed E-state index contributed by atoms with van der Waals surface area (Å²) in [6.45, 7) is 10.5. The molecule has 0 aromatic carbocycles. The fraction of sp³-hybridized carbons (Fsp3) is 0.611. The van der Waals surface area contributed by atoms with Crippen LogP contribution in [0.5, 0.6) is 5.88 Å². The van der Waals surface area contributed by atoms with Crippen LogP contribution in [-0.4, -0.2) is 17.6 Å². The van der Waals surface area contributed by atoms with Gasteiger partial charge in [-0.2, -0.15) is 0 Å². The van der Waals surface area contributed by atoms with Crippen LogP contribution >= 0.6 is 0 Å². The smallest absolute Gasteiger partial charge is 0.218 e. The molecule has 0 radical (unpaired) electrons. The summed E-state index contributed by atoms with van der Waals surface area (Å²) in [4.78, 5) is 4.34. The van der Waals surface area contributed by atoms with Crippen molar-refractivity contribution in [1.82, 2.24) is 10.3 Å². The molecule has 2 rings (SSSR count). The SMILES string of the molecule is CC1=CC(C)CC(CNCc2cccnc2OC(C)C)C1. The number of ether oxygens (including phenoxy) is 1. The van der Waals surface area contributed by atoms with E-state index in [2.05, 4.69) is 36.3 Å². The molecule has 2 unspecified atom stereocenters. The summed E-state index contributed by atoms with van der Waals surface area (Å²) >= 11 is 0. The van der Waals surface area contributed by atoms with Gasteiger partial charge >= 0.3 is 0 Å². The predicted molar refractivity (Wildman–Crippen MR) is 87.4 cm³/mol. The second kappa shape index (κ2) is 7.60. The molecule has 1 aromatic rings. The van der Waals surface area contributed by atoms with Crippen molar-refractivity contribution in [2.45, 2.75) is 53.2 Å². The molecule has 3 heteroatoms. The van der Waals surface area contributed by atoms with Crippen LogP contribution in [0.25, 0.3) is 0 Å². The average molecular weight is 288 g/mol. The largest absolute Gasteiger partial charge is 0.475 e. The normalized spacial score (nSPS) is 22.2. The van der Waals surface area contributed by atoms with Gasteiger partial charge in [-0.05, 0) is 58.1 Å².